The Morgan fingerprint density at radius 3 is 2.82 bits per heavy atom. The van der Waals surface area contributed by atoms with Crippen LogP contribution >= 0.6 is 15.9 Å². The van der Waals surface area contributed by atoms with Crippen LogP contribution in [0.4, 0.5) is 4.39 Å². The second-order valence-electron chi connectivity index (χ2n) is 6.74. The minimum atomic E-state index is -0.541. The molecule has 7 heteroatoms. The van der Waals surface area contributed by atoms with Crippen LogP contribution in [-0.4, -0.2) is 36.9 Å². The van der Waals surface area contributed by atoms with Crippen LogP contribution in [0.3, 0.4) is 0 Å². The molecule has 1 fully saturated rings. The number of carbonyl (C=O) groups is 2. The molecule has 0 spiro atoms. The Morgan fingerprint density at radius 2 is 2.07 bits per heavy atom. The highest BCUT2D eigenvalue weighted by Gasteiger charge is 2.29. The highest BCUT2D eigenvalue weighted by atomic mass is 79.9. The number of methoxy groups -OCH3 is 1. The first-order valence-corrected chi connectivity index (χ1v) is 9.93. The molecule has 0 aliphatic carbocycles. The number of nitrogens with one attached hydrogen (secondary N) is 1. The van der Waals surface area contributed by atoms with E-state index in [1.165, 1.54) is 12.1 Å². The van der Waals surface area contributed by atoms with Crippen molar-refractivity contribution < 1.29 is 18.7 Å². The number of amides is 2. The number of carbonyl (C=O) groups excluding carboxylic acids is 2. The predicted octanol–water partition coefficient (Wildman–Crippen LogP) is 3.77. The monoisotopic (exact) mass is 448 g/mol. The predicted molar refractivity (Wildman–Crippen MR) is 108 cm³/mol. The molecular weight excluding hydrogens is 427 g/mol. The van der Waals surface area contributed by atoms with E-state index in [4.69, 9.17) is 4.74 Å². The molecule has 2 aromatic rings. The topological polar surface area (TPSA) is 58.6 Å². The first-order valence-electron chi connectivity index (χ1n) is 9.13. The van der Waals surface area contributed by atoms with Crippen molar-refractivity contribution in [2.45, 2.75) is 19.4 Å². The summed E-state index contributed by atoms with van der Waals surface area (Å²) in [6.45, 7) is 1.14. The highest BCUT2D eigenvalue weighted by molar-refractivity contribution is 9.10. The van der Waals surface area contributed by atoms with Crippen LogP contribution in [0.25, 0.3) is 0 Å². The van der Waals surface area contributed by atoms with Gasteiger partial charge in [0.2, 0.25) is 5.91 Å². The second kappa shape index (κ2) is 9.19. The number of nitrogens with zero attached hydrogens (tertiary/aromatic N) is 1. The van der Waals surface area contributed by atoms with E-state index in [2.05, 4.69) is 21.2 Å². The number of benzene rings is 2. The van der Waals surface area contributed by atoms with Crippen molar-refractivity contribution in [3.63, 3.8) is 0 Å². The highest BCUT2D eigenvalue weighted by Crippen LogP contribution is 2.24. The molecule has 1 N–H and O–H groups in total. The summed E-state index contributed by atoms with van der Waals surface area (Å²) >= 11 is 3.42. The zero-order chi connectivity index (χ0) is 20.1. The Kier molecular flexibility index (Phi) is 6.67. The van der Waals surface area contributed by atoms with Gasteiger partial charge in [-0.25, -0.2) is 4.39 Å². The van der Waals surface area contributed by atoms with Crippen LogP contribution < -0.4 is 10.1 Å². The Bertz CT molecular complexity index is 874. The van der Waals surface area contributed by atoms with Crippen molar-refractivity contribution in [1.82, 2.24) is 10.2 Å². The Balaban J connectivity index is 1.63. The van der Waals surface area contributed by atoms with Crippen molar-refractivity contribution in [1.29, 1.82) is 0 Å². The van der Waals surface area contributed by atoms with Crippen LogP contribution in [0.5, 0.6) is 5.75 Å². The quantitative estimate of drug-likeness (QED) is 0.757. The van der Waals surface area contributed by atoms with Gasteiger partial charge in [-0.3, -0.25) is 9.59 Å². The van der Waals surface area contributed by atoms with Gasteiger partial charge in [-0.2, -0.15) is 0 Å². The van der Waals surface area contributed by atoms with Gasteiger partial charge in [-0.15, -0.1) is 0 Å². The fraction of sp³-hybridized carbons (Fsp3) is 0.333. The number of piperidine rings is 1. The minimum absolute atomic E-state index is 0.0439. The normalized spacial score (nSPS) is 16.5. The van der Waals surface area contributed by atoms with Crippen LogP contribution in [0.1, 0.15) is 28.8 Å². The molecule has 0 bridgehead atoms. The average molecular weight is 449 g/mol. The minimum Gasteiger partial charge on any atom is -0.496 e. The number of halogens is 2. The molecule has 0 saturated carbocycles. The maximum absolute atomic E-state index is 13.9. The Hall–Kier alpha value is -2.41. The third kappa shape index (κ3) is 4.70. The van der Waals surface area contributed by atoms with Gasteiger partial charge in [-0.05, 0) is 43.2 Å². The van der Waals surface area contributed by atoms with E-state index >= 15 is 0 Å². The zero-order valence-corrected chi connectivity index (χ0v) is 17.2. The fourth-order valence-corrected chi connectivity index (χ4v) is 3.80. The van der Waals surface area contributed by atoms with Crippen LogP contribution in [0.2, 0.25) is 0 Å². The van der Waals surface area contributed by atoms with Gasteiger partial charge in [0.1, 0.15) is 11.6 Å². The van der Waals surface area contributed by atoms with E-state index in [0.717, 1.165) is 10.0 Å². The van der Waals surface area contributed by atoms with Gasteiger partial charge in [0.25, 0.3) is 5.91 Å². The average Bonchev–Trinajstić information content (AvgIpc) is 2.72. The van der Waals surface area contributed by atoms with E-state index in [9.17, 15) is 14.0 Å². The van der Waals surface area contributed by atoms with Crippen LogP contribution in [0, 0.1) is 11.7 Å². The lowest BCUT2D eigenvalue weighted by atomic mass is 9.96. The summed E-state index contributed by atoms with van der Waals surface area (Å²) in [5.41, 5.74) is 0.905. The lowest BCUT2D eigenvalue weighted by Gasteiger charge is -2.32. The molecule has 2 amide bonds. The van der Waals surface area contributed by atoms with Gasteiger partial charge in [0.15, 0.2) is 0 Å². The molecule has 2 aromatic carbocycles. The number of hydrogen-bond acceptors (Lipinski definition) is 3. The summed E-state index contributed by atoms with van der Waals surface area (Å²) in [6.07, 6.45) is 1.40. The van der Waals surface area contributed by atoms with E-state index in [-0.39, 0.29) is 29.8 Å². The van der Waals surface area contributed by atoms with E-state index in [1.54, 1.807) is 24.1 Å². The molecule has 28 heavy (non-hydrogen) atoms. The Morgan fingerprint density at radius 1 is 1.29 bits per heavy atom. The van der Waals surface area contributed by atoms with E-state index in [1.807, 2.05) is 18.2 Å². The molecular formula is C21H22BrFN2O3. The first-order chi connectivity index (χ1) is 13.5. The number of hydrogen-bond donors (Lipinski definition) is 1. The van der Waals surface area contributed by atoms with Crippen molar-refractivity contribution in [2.24, 2.45) is 5.92 Å². The van der Waals surface area contributed by atoms with Crippen molar-refractivity contribution >= 4 is 27.7 Å². The number of ether oxygens (including phenoxy) is 1. The van der Waals surface area contributed by atoms with Crippen molar-refractivity contribution in [3.8, 4) is 5.75 Å². The maximum atomic E-state index is 13.9. The molecule has 1 unspecified atom stereocenters. The van der Waals surface area contributed by atoms with Crippen molar-refractivity contribution in [3.05, 3.63) is 63.9 Å². The maximum Gasteiger partial charge on any atom is 0.256 e. The molecule has 1 saturated heterocycles. The lowest BCUT2D eigenvalue weighted by molar-refractivity contribution is -0.126. The summed E-state index contributed by atoms with van der Waals surface area (Å²) in [4.78, 5) is 26.8. The number of rotatable bonds is 5. The molecule has 1 aliphatic rings. The van der Waals surface area contributed by atoms with Crippen molar-refractivity contribution in [2.75, 3.05) is 20.2 Å². The molecule has 148 valence electrons. The van der Waals surface area contributed by atoms with Gasteiger partial charge in [0, 0.05) is 29.7 Å². The molecule has 0 radical (unpaired) electrons. The molecule has 1 heterocycles. The summed E-state index contributed by atoms with van der Waals surface area (Å²) in [5, 5.41) is 2.93. The lowest BCUT2D eigenvalue weighted by Crippen LogP contribution is -2.45. The smallest absolute Gasteiger partial charge is 0.256 e. The SMILES string of the molecule is COc1ccc(Br)cc1CNC(=O)C1CCCN(C(=O)c2ccccc2F)C1. The first kappa shape index (κ1) is 20.3. The van der Waals surface area contributed by atoms with Gasteiger partial charge in [-0.1, -0.05) is 28.1 Å². The molecule has 3 rings (SSSR count). The molecule has 5 nitrogen and oxygen atoms in total. The largest absolute Gasteiger partial charge is 0.496 e. The second-order valence-corrected chi connectivity index (χ2v) is 7.66. The van der Waals surface area contributed by atoms with E-state index < -0.39 is 5.82 Å². The summed E-state index contributed by atoms with van der Waals surface area (Å²) in [5.74, 6) is -0.649. The van der Waals surface area contributed by atoms with Gasteiger partial charge < -0.3 is 15.0 Å². The number of likely N-dealkylation sites (tertiary alicyclic amines) is 1. The summed E-state index contributed by atoms with van der Waals surface area (Å²) in [6, 6.07) is 11.5. The third-order valence-corrected chi connectivity index (χ3v) is 5.37. The zero-order valence-electron chi connectivity index (χ0n) is 15.6. The summed E-state index contributed by atoms with van der Waals surface area (Å²) in [7, 11) is 1.59. The van der Waals surface area contributed by atoms with Crippen LogP contribution in [-0.2, 0) is 11.3 Å². The fourth-order valence-electron chi connectivity index (χ4n) is 3.39. The summed E-state index contributed by atoms with van der Waals surface area (Å²) < 4.78 is 20.1. The standard InChI is InChI=1S/C21H22BrFN2O3/c1-28-19-9-8-16(22)11-15(19)12-24-20(26)14-5-4-10-25(13-14)21(27)17-6-2-3-7-18(17)23/h2-3,6-9,11,14H,4-5,10,12-13H2,1H3,(H,24,26). The van der Waals surface area contributed by atoms with Gasteiger partial charge >= 0.3 is 0 Å². The molecule has 1 atom stereocenters. The Labute approximate surface area is 172 Å². The van der Waals surface area contributed by atoms with Crippen LogP contribution in [0.15, 0.2) is 46.9 Å². The molecule has 1 aliphatic heterocycles. The van der Waals surface area contributed by atoms with E-state index in [0.29, 0.717) is 31.7 Å². The molecule has 0 aromatic heterocycles. The third-order valence-electron chi connectivity index (χ3n) is 4.88. The van der Waals surface area contributed by atoms with Gasteiger partial charge in [0.05, 0.1) is 18.6 Å².